The van der Waals surface area contributed by atoms with Crippen LogP contribution in [0.1, 0.15) is 34.6 Å². The Hall–Kier alpha value is -1.56. The molecule has 96 valence electrons. The average Bonchev–Trinajstić information content (AvgIpc) is 2.39. The molecule has 0 amide bonds. The fourth-order valence-electron chi connectivity index (χ4n) is 0.890. The van der Waals surface area contributed by atoms with Crippen LogP contribution < -0.4 is 0 Å². The van der Waals surface area contributed by atoms with Crippen LogP contribution in [0, 0.1) is 0 Å². The van der Waals surface area contributed by atoms with E-state index >= 15 is 0 Å². The van der Waals surface area contributed by atoms with Gasteiger partial charge in [-0.15, -0.1) is 0 Å². The smallest absolute Gasteiger partial charge is 0.0228 e. The lowest BCUT2D eigenvalue weighted by Gasteiger charge is -1.99. The van der Waals surface area contributed by atoms with Gasteiger partial charge in [0.2, 0.25) is 0 Å². The predicted octanol–water partition coefficient (Wildman–Crippen LogP) is 6.03. The first-order valence-electron chi connectivity index (χ1n) is 6.17. The van der Waals surface area contributed by atoms with Gasteiger partial charge in [0.25, 0.3) is 0 Å². The predicted molar refractivity (Wildman–Crippen MR) is 84.3 cm³/mol. The lowest BCUT2D eigenvalue weighted by molar-refractivity contribution is 1.43. The lowest BCUT2D eigenvalue weighted by atomic mass is 10.1. The number of hydrogen-bond acceptors (Lipinski definition) is 0. The van der Waals surface area contributed by atoms with Crippen molar-refractivity contribution in [2.45, 2.75) is 34.6 Å². The van der Waals surface area contributed by atoms with Gasteiger partial charge in [-0.1, -0.05) is 90.0 Å². The Bertz CT molecular complexity index is 272. The number of allylic oxidation sites excluding steroid dienone is 9. The van der Waals surface area contributed by atoms with Gasteiger partial charge in [0.15, 0.2) is 0 Å². The monoisotopic (exact) mass is 232 g/mol. The van der Waals surface area contributed by atoms with Gasteiger partial charge in [-0.25, -0.2) is 0 Å². The van der Waals surface area contributed by atoms with Crippen LogP contribution in [0.4, 0.5) is 0 Å². The first-order chi connectivity index (χ1) is 8.26. The van der Waals surface area contributed by atoms with Crippen molar-refractivity contribution < 1.29 is 0 Å². The summed E-state index contributed by atoms with van der Waals surface area (Å²) in [6, 6.07) is 0. The summed E-state index contributed by atoms with van der Waals surface area (Å²) >= 11 is 0. The van der Waals surface area contributed by atoms with Crippen LogP contribution in [0.2, 0.25) is 0 Å². The van der Waals surface area contributed by atoms with E-state index in [1.54, 1.807) is 18.2 Å². The molecule has 0 aliphatic heterocycles. The fraction of sp³-hybridized carbons (Fsp3) is 0.294. The molecule has 0 bridgehead atoms. The van der Waals surface area contributed by atoms with Crippen molar-refractivity contribution in [3.05, 3.63) is 73.4 Å². The first kappa shape index (κ1) is 20.8. The molecule has 0 heteroatoms. The summed E-state index contributed by atoms with van der Waals surface area (Å²) in [5.74, 6) is 0. The Morgan fingerprint density at radius 1 is 0.765 bits per heavy atom. The summed E-state index contributed by atoms with van der Waals surface area (Å²) in [4.78, 5) is 0. The molecule has 0 aliphatic rings. The molecule has 0 fully saturated rings. The lowest BCUT2D eigenvalue weighted by Crippen LogP contribution is -1.79. The van der Waals surface area contributed by atoms with Crippen molar-refractivity contribution in [2.75, 3.05) is 0 Å². The van der Waals surface area contributed by atoms with E-state index < -0.39 is 0 Å². The Kier molecular flexibility index (Phi) is 24.4. The molecule has 0 aliphatic carbocycles. The summed E-state index contributed by atoms with van der Waals surface area (Å²) in [5.41, 5.74) is 2.28. The molecule has 0 atom stereocenters. The van der Waals surface area contributed by atoms with Crippen molar-refractivity contribution in [1.29, 1.82) is 0 Å². The quantitative estimate of drug-likeness (QED) is 0.508. The Morgan fingerprint density at radius 3 is 1.59 bits per heavy atom. The average molecular weight is 232 g/mol. The van der Waals surface area contributed by atoms with Gasteiger partial charge in [0.05, 0.1) is 0 Å². The highest BCUT2D eigenvalue weighted by molar-refractivity contribution is 5.42. The molecule has 0 heterocycles. The highest BCUT2D eigenvalue weighted by atomic mass is 14.0. The third-order valence-corrected chi connectivity index (χ3v) is 1.53. The second kappa shape index (κ2) is 19.9. The third-order valence-electron chi connectivity index (χ3n) is 1.53. The normalized spacial score (nSPS) is 10.6. The zero-order chi connectivity index (χ0) is 14.1. The van der Waals surface area contributed by atoms with E-state index in [0.29, 0.717) is 0 Å². The molecule has 0 unspecified atom stereocenters. The van der Waals surface area contributed by atoms with E-state index in [2.05, 4.69) is 19.7 Å². The minimum absolute atomic E-state index is 1.12. The molecule has 0 aromatic rings. The molecule has 0 saturated heterocycles. The minimum Gasteiger partial charge on any atom is -0.0991 e. The second-order valence-corrected chi connectivity index (χ2v) is 2.54. The van der Waals surface area contributed by atoms with Gasteiger partial charge >= 0.3 is 0 Å². The number of rotatable bonds is 5. The molecule has 0 N–H and O–H groups in total. The minimum atomic E-state index is 1.12. The topological polar surface area (TPSA) is 0 Å². The second-order valence-electron chi connectivity index (χ2n) is 2.54. The van der Waals surface area contributed by atoms with Crippen LogP contribution >= 0.6 is 0 Å². The summed E-state index contributed by atoms with van der Waals surface area (Å²) in [7, 11) is 0. The highest BCUT2D eigenvalue weighted by Crippen LogP contribution is 2.11. The SMILES string of the molecule is C=C\C=C/C(=C/C=C)C(/C)=C\C=C.CC.CC. The molecule has 0 nitrogen and oxygen atoms in total. The summed E-state index contributed by atoms with van der Waals surface area (Å²) in [6.45, 7) is 21.0. The largest absolute Gasteiger partial charge is 0.0991 e. The zero-order valence-electron chi connectivity index (χ0n) is 12.2. The Labute approximate surface area is 108 Å². The van der Waals surface area contributed by atoms with Gasteiger partial charge in [-0.3, -0.25) is 0 Å². The van der Waals surface area contributed by atoms with Crippen LogP contribution in [0.5, 0.6) is 0 Å². The Balaban J connectivity index is -0.000000439. The molecule has 0 aromatic carbocycles. The van der Waals surface area contributed by atoms with E-state index in [1.165, 1.54) is 0 Å². The molecule has 0 radical (unpaired) electrons. The maximum atomic E-state index is 3.66. The highest BCUT2D eigenvalue weighted by Gasteiger charge is 1.91. The molecular formula is C17H28. The molecule has 0 aromatic heterocycles. The van der Waals surface area contributed by atoms with Crippen molar-refractivity contribution in [1.82, 2.24) is 0 Å². The van der Waals surface area contributed by atoms with Gasteiger partial charge in [-0.05, 0) is 18.1 Å². The van der Waals surface area contributed by atoms with Crippen molar-refractivity contribution in [2.24, 2.45) is 0 Å². The van der Waals surface area contributed by atoms with Crippen LogP contribution in [-0.2, 0) is 0 Å². The van der Waals surface area contributed by atoms with Crippen LogP contribution in [0.3, 0.4) is 0 Å². The fourth-order valence-corrected chi connectivity index (χ4v) is 0.890. The maximum Gasteiger partial charge on any atom is -0.0228 e. The van der Waals surface area contributed by atoms with Gasteiger partial charge in [0, 0.05) is 0 Å². The van der Waals surface area contributed by atoms with Crippen molar-refractivity contribution in [3.63, 3.8) is 0 Å². The molecule has 0 rings (SSSR count). The van der Waals surface area contributed by atoms with E-state index in [9.17, 15) is 0 Å². The summed E-state index contributed by atoms with van der Waals surface area (Å²) in [5, 5.41) is 0. The van der Waals surface area contributed by atoms with Gasteiger partial charge < -0.3 is 0 Å². The Morgan fingerprint density at radius 2 is 1.24 bits per heavy atom. The molecule has 17 heavy (non-hydrogen) atoms. The van der Waals surface area contributed by atoms with Crippen LogP contribution in [-0.4, -0.2) is 0 Å². The third kappa shape index (κ3) is 14.4. The van der Waals surface area contributed by atoms with E-state index in [0.717, 1.165) is 11.1 Å². The first-order valence-corrected chi connectivity index (χ1v) is 6.17. The summed E-state index contributed by atoms with van der Waals surface area (Å²) in [6.07, 6.45) is 13.1. The van der Waals surface area contributed by atoms with E-state index in [1.807, 2.05) is 58.9 Å². The van der Waals surface area contributed by atoms with Crippen LogP contribution in [0.15, 0.2) is 73.4 Å². The maximum absolute atomic E-state index is 3.66. The van der Waals surface area contributed by atoms with Gasteiger partial charge in [0.1, 0.15) is 0 Å². The zero-order valence-corrected chi connectivity index (χ0v) is 12.2. The van der Waals surface area contributed by atoms with E-state index in [-0.39, 0.29) is 0 Å². The van der Waals surface area contributed by atoms with Crippen molar-refractivity contribution in [3.8, 4) is 0 Å². The van der Waals surface area contributed by atoms with Crippen molar-refractivity contribution >= 4 is 0 Å². The number of hydrogen-bond donors (Lipinski definition) is 0. The standard InChI is InChI=1S/C13H16.2C2H6/c1-5-8-11-13(10-7-3)12(4)9-6-2;2*1-2/h5-11H,1-3H2,4H3;2*1-2H3/b11-8-,12-9-,13-10-;;. The van der Waals surface area contributed by atoms with Gasteiger partial charge in [-0.2, -0.15) is 0 Å². The summed E-state index contributed by atoms with van der Waals surface area (Å²) < 4.78 is 0. The van der Waals surface area contributed by atoms with E-state index in [4.69, 9.17) is 0 Å². The van der Waals surface area contributed by atoms with Crippen LogP contribution in [0.25, 0.3) is 0 Å². The molecule has 0 saturated carbocycles. The molecular weight excluding hydrogens is 204 g/mol. The molecule has 0 spiro atoms.